The van der Waals surface area contributed by atoms with Crippen molar-refractivity contribution in [3.8, 4) is 0 Å². The first-order valence-electron chi connectivity index (χ1n) is 6.68. The molecule has 0 aromatic heterocycles. The number of nitrogens with two attached hydrogens (primary N) is 1. The van der Waals surface area contributed by atoms with E-state index in [2.05, 4.69) is 5.32 Å². The molecule has 0 aliphatic rings. The predicted molar refractivity (Wildman–Crippen MR) is 79.4 cm³/mol. The van der Waals surface area contributed by atoms with Crippen LogP contribution in [0.15, 0.2) is 24.3 Å². The van der Waals surface area contributed by atoms with Crippen LogP contribution in [0.5, 0.6) is 0 Å². The molecular weight excluding hydrogens is 256 g/mol. The number of benzene rings is 1. The Morgan fingerprint density at radius 3 is 2.50 bits per heavy atom. The molecule has 0 spiro atoms. The topological polar surface area (TPSA) is 84.6 Å². The first-order valence-corrected chi connectivity index (χ1v) is 6.68. The van der Waals surface area contributed by atoms with Crippen molar-refractivity contribution < 1.29 is 14.6 Å². The molecule has 1 aromatic carbocycles. The Morgan fingerprint density at radius 2 is 2.00 bits per heavy atom. The molecule has 0 aliphatic carbocycles. The zero-order valence-electron chi connectivity index (χ0n) is 12.3. The molecule has 5 heteroatoms. The summed E-state index contributed by atoms with van der Waals surface area (Å²) in [4.78, 5) is 12.4. The molecule has 1 atom stereocenters. The van der Waals surface area contributed by atoms with Gasteiger partial charge in [-0.05, 0) is 38.0 Å². The van der Waals surface area contributed by atoms with Crippen LogP contribution in [0.3, 0.4) is 0 Å². The van der Waals surface area contributed by atoms with E-state index in [9.17, 15) is 4.79 Å². The molecule has 20 heavy (non-hydrogen) atoms. The summed E-state index contributed by atoms with van der Waals surface area (Å²) in [7, 11) is 1.57. The summed E-state index contributed by atoms with van der Waals surface area (Å²) in [5.41, 5.74) is 6.55. The quantitative estimate of drug-likeness (QED) is 0.652. The number of aliphatic hydroxyl groups is 1. The summed E-state index contributed by atoms with van der Waals surface area (Å²) < 4.78 is 5.05. The molecule has 1 unspecified atom stereocenters. The van der Waals surface area contributed by atoms with Gasteiger partial charge in [-0.15, -0.1) is 0 Å². The third-order valence-electron chi connectivity index (χ3n) is 3.38. The van der Waals surface area contributed by atoms with E-state index < -0.39 is 5.41 Å². The molecule has 0 bridgehead atoms. The second-order valence-corrected chi connectivity index (χ2v) is 5.39. The van der Waals surface area contributed by atoms with E-state index in [4.69, 9.17) is 15.6 Å². The molecule has 0 radical (unpaired) electrons. The molecular formula is C15H24N2O3. The number of amides is 1. The third-order valence-corrected chi connectivity index (χ3v) is 3.38. The van der Waals surface area contributed by atoms with E-state index in [0.717, 1.165) is 5.56 Å². The molecule has 1 rings (SSSR count). The molecule has 112 valence electrons. The van der Waals surface area contributed by atoms with Gasteiger partial charge in [-0.2, -0.15) is 0 Å². The summed E-state index contributed by atoms with van der Waals surface area (Å²) >= 11 is 0. The standard InChI is InChI=1S/C15H24N2O3/c1-15(2,11-4-6-12(16)7-5-11)14(19)17-13(8-9-18)10-20-3/h4-7,13,18H,8-10,16H2,1-3H3,(H,17,19). The smallest absolute Gasteiger partial charge is 0.230 e. The summed E-state index contributed by atoms with van der Waals surface area (Å²) in [5, 5.41) is 11.9. The van der Waals surface area contributed by atoms with E-state index in [1.807, 2.05) is 26.0 Å². The highest BCUT2D eigenvalue weighted by atomic mass is 16.5. The van der Waals surface area contributed by atoms with Crippen molar-refractivity contribution in [3.05, 3.63) is 29.8 Å². The van der Waals surface area contributed by atoms with Gasteiger partial charge < -0.3 is 20.9 Å². The predicted octanol–water partition coefficient (Wildman–Crippen LogP) is 1.06. The molecule has 5 nitrogen and oxygen atoms in total. The Balaban J connectivity index is 2.80. The lowest BCUT2D eigenvalue weighted by atomic mass is 9.83. The van der Waals surface area contributed by atoms with Gasteiger partial charge in [0.2, 0.25) is 5.91 Å². The van der Waals surface area contributed by atoms with Crippen molar-refractivity contribution in [1.29, 1.82) is 0 Å². The van der Waals surface area contributed by atoms with Crippen molar-refractivity contribution in [2.75, 3.05) is 26.1 Å². The van der Waals surface area contributed by atoms with Gasteiger partial charge in [0, 0.05) is 19.4 Å². The number of methoxy groups -OCH3 is 1. The van der Waals surface area contributed by atoms with Gasteiger partial charge in [-0.1, -0.05) is 12.1 Å². The van der Waals surface area contributed by atoms with Crippen LogP contribution in [0, 0.1) is 0 Å². The minimum atomic E-state index is -0.671. The van der Waals surface area contributed by atoms with Crippen LogP contribution in [0.25, 0.3) is 0 Å². The molecule has 4 N–H and O–H groups in total. The number of aliphatic hydroxyl groups excluding tert-OH is 1. The van der Waals surface area contributed by atoms with Crippen molar-refractivity contribution in [1.82, 2.24) is 5.32 Å². The number of hydrogen-bond donors (Lipinski definition) is 3. The van der Waals surface area contributed by atoms with Crippen LogP contribution >= 0.6 is 0 Å². The average Bonchev–Trinajstić information content (AvgIpc) is 2.39. The Hall–Kier alpha value is -1.59. The second-order valence-electron chi connectivity index (χ2n) is 5.39. The van der Waals surface area contributed by atoms with Gasteiger partial charge in [0.25, 0.3) is 0 Å². The van der Waals surface area contributed by atoms with Crippen LogP contribution in [0.1, 0.15) is 25.8 Å². The lowest BCUT2D eigenvalue weighted by Gasteiger charge is -2.27. The minimum absolute atomic E-state index is 0.0105. The Labute approximate surface area is 120 Å². The summed E-state index contributed by atoms with van der Waals surface area (Å²) in [6, 6.07) is 7.08. The van der Waals surface area contributed by atoms with E-state index in [1.165, 1.54) is 0 Å². The normalized spacial score (nSPS) is 13.0. The van der Waals surface area contributed by atoms with Crippen molar-refractivity contribution in [3.63, 3.8) is 0 Å². The van der Waals surface area contributed by atoms with Gasteiger partial charge in [0.15, 0.2) is 0 Å². The molecule has 0 fully saturated rings. The monoisotopic (exact) mass is 280 g/mol. The number of rotatable bonds is 7. The molecule has 0 saturated heterocycles. The maximum atomic E-state index is 12.4. The second kappa shape index (κ2) is 7.26. The molecule has 0 aliphatic heterocycles. The van der Waals surface area contributed by atoms with E-state index >= 15 is 0 Å². The highest BCUT2D eigenvalue weighted by Crippen LogP contribution is 2.24. The highest BCUT2D eigenvalue weighted by Gasteiger charge is 2.31. The zero-order valence-corrected chi connectivity index (χ0v) is 12.3. The maximum absolute atomic E-state index is 12.4. The third kappa shape index (κ3) is 4.21. The molecule has 0 heterocycles. The number of carbonyl (C=O) groups is 1. The van der Waals surface area contributed by atoms with Crippen LogP contribution in [-0.2, 0) is 14.9 Å². The number of nitrogen functional groups attached to an aromatic ring is 1. The van der Waals surface area contributed by atoms with Gasteiger partial charge in [-0.25, -0.2) is 0 Å². The van der Waals surface area contributed by atoms with Crippen LogP contribution < -0.4 is 11.1 Å². The van der Waals surface area contributed by atoms with Gasteiger partial charge in [0.1, 0.15) is 0 Å². The van der Waals surface area contributed by atoms with E-state index in [0.29, 0.717) is 18.7 Å². The summed E-state index contributed by atoms with van der Waals surface area (Å²) in [6.45, 7) is 4.11. The molecule has 1 aromatic rings. The number of anilines is 1. The molecule has 0 saturated carbocycles. The fourth-order valence-corrected chi connectivity index (χ4v) is 1.95. The van der Waals surface area contributed by atoms with E-state index in [1.54, 1.807) is 19.2 Å². The Morgan fingerprint density at radius 1 is 1.40 bits per heavy atom. The van der Waals surface area contributed by atoms with Gasteiger partial charge >= 0.3 is 0 Å². The minimum Gasteiger partial charge on any atom is -0.399 e. The lowest BCUT2D eigenvalue weighted by Crippen LogP contribution is -2.47. The van der Waals surface area contributed by atoms with Crippen LogP contribution in [-0.4, -0.2) is 37.4 Å². The fourth-order valence-electron chi connectivity index (χ4n) is 1.95. The van der Waals surface area contributed by atoms with Crippen molar-refractivity contribution in [2.24, 2.45) is 0 Å². The number of carbonyl (C=O) groups excluding carboxylic acids is 1. The Bertz CT molecular complexity index is 423. The first-order chi connectivity index (χ1) is 9.41. The number of hydrogen-bond acceptors (Lipinski definition) is 4. The summed E-state index contributed by atoms with van der Waals surface area (Å²) in [5.74, 6) is -0.0993. The SMILES string of the molecule is COCC(CCO)NC(=O)C(C)(C)c1ccc(N)cc1. The lowest BCUT2D eigenvalue weighted by molar-refractivity contribution is -0.126. The first kappa shape index (κ1) is 16.5. The molecule has 1 amide bonds. The number of nitrogens with one attached hydrogen (secondary N) is 1. The zero-order chi connectivity index (χ0) is 15.2. The summed E-state index contributed by atoms with van der Waals surface area (Å²) in [6.07, 6.45) is 0.470. The highest BCUT2D eigenvalue weighted by molar-refractivity contribution is 5.87. The Kier molecular flexibility index (Phi) is 5.98. The van der Waals surface area contributed by atoms with Crippen LogP contribution in [0.2, 0.25) is 0 Å². The van der Waals surface area contributed by atoms with Crippen molar-refractivity contribution >= 4 is 11.6 Å². The maximum Gasteiger partial charge on any atom is 0.230 e. The van der Waals surface area contributed by atoms with Crippen LogP contribution in [0.4, 0.5) is 5.69 Å². The van der Waals surface area contributed by atoms with Gasteiger partial charge in [0.05, 0.1) is 18.1 Å². The fraction of sp³-hybridized carbons (Fsp3) is 0.533. The van der Waals surface area contributed by atoms with Gasteiger partial charge in [-0.3, -0.25) is 4.79 Å². The average molecular weight is 280 g/mol. The number of ether oxygens (including phenoxy) is 1. The van der Waals surface area contributed by atoms with E-state index in [-0.39, 0.29) is 18.6 Å². The van der Waals surface area contributed by atoms with Crippen molar-refractivity contribution in [2.45, 2.75) is 31.7 Å². The largest absolute Gasteiger partial charge is 0.399 e.